The molecular formula is C2H4FNO2. The van der Waals surface area contributed by atoms with Crippen molar-refractivity contribution in [1.82, 2.24) is 5.48 Å². The van der Waals surface area contributed by atoms with Crippen molar-refractivity contribution < 1.29 is 14.4 Å². The zero-order valence-corrected chi connectivity index (χ0v) is 2.94. The number of amides is 1. The number of hydroxylamine groups is 1. The number of halogens is 1. The summed E-state index contributed by atoms with van der Waals surface area (Å²) in [6.45, 7) is -1.17. The average Bonchev–Trinajstić information content (AvgIpc) is 1.65. The molecule has 0 unspecified atom stereocenters. The van der Waals surface area contributed by atoms with Crippen molar-refractivity contribution >= 4 is 5.91 Å². The van der Waals surface area contributed by atoms with E-state index in [9.17, 15) is 9.18 Å². The highest BCUT2D eigenvalue weighted by Crippen LogP contribution is 1.61. The molecule has 3 nitrogen and oxygen atoms in total. The van der Waals surface area contributed by atoms with Crippen molar-refractivity contribution in [2.24, 2.45) is 0 Å². The lowest BCUT2D eigenvalue weighted by Gasteiger charge is -1.83. The highest BCUT2D eigenvalue weighted by atomic mass is 19.1. The highest BCUT2D eigenvalue weighted by molar-refractivity contribution is 5.75. The smallest absolute Gasteiger partial charge is 0.274 e. The molecule has 0 spiro atoms. The number of alkyl halides is 1. The Labute approximate surface area is 33.7 Å². The predicted molar refractivity (Wildman–Crippen MR) is 15.9 cm³/mol. The maximum atomic E-state index is 10.8. The second-order valence-corrected chi connectivity index (χ2v) is 0.669. The van der Waals surface area contributed by atoms with Crippen LogP contribution in [0.15, 0.2) is 0 Å². The molecule has 2 N–H and O–H groups in total. The Kier molecular flexibility index (Phi) is 2.31. The van der Waals surface area contributed by atoms with E-state index in [-0.39, 0.29) is 0 Å². The summed E-state index contributed by atoms with van der Waals surface area (Å²) in [6.07, 6.45) is 0. The molecule has 0 aromatic rings. The topological polar surface area (TPSA) is 49.3 Å². The van der Waals surface area contributed by atoms with Gasteiger partial charge in [0.1, 0.15) is 0 Å². The molecule has 0 bridgehead atoms. The molecule has 0 heterocycles. The van der Waals surface area contributed by atoms with Gasteiger partial charge in [-0.1, -0.05) is 0 Å². The number of rotatable bonds is 1. The Morgan fingerprint density at radius 3 is 2.50 bits per heavy atom. The summed E-state index contributed by atoms with van der Waals surface area (Å²) < 4.78 is 10.8. The first kappa shape index (κ1) is 5.36. The molecule has 0 aliphatic rings. The Morgan fingerprint density at radius 1 is 2.00 bits per heavy atom. The van der Waals surface area contributed by atoms with Crippen LogP contribution in [-0.2, 0) is 4.79 Å². The third-order valence-electron chi connectivity index (χ3n) is 0.246. The van der Waals surface area contributed by atoms with E-state index >= 15 is 0 Å². The summed E-state index contributed by atoms with van der Waals surface area (Å²) in [6, 6.07) is 0. The Balaban J connectivity index is 2.99. The molecular weight excluding hydrogens is 89.0 g/mol. The molecule has 36 valence electrons. The van der Waals surface area contributed by atoms with Gasteiger partial charge in [0, 0.05) is 0 Å². The molecule has 0 aliphatic heterocycles. The van der Waals surface area contributed by atoms with Gasteiger partial charge in [0.2, 0.25) is 0 Å². The van der Waals surface area contributed by atoms with Crippen LogP contribution in [0.5, 0.6) is 0 Å². The minimum Gasteiger partial charge on any atom is -0.289 e. The highest BCUT2D eigenvalue weighted by Gasteiger charge is 1.90. The van der Waals surface area contributed by atoms with Crippen molar-refractivity contribution in [2.45, 2.75) is 0 Å². The maximum absolute atomic E-state index is 10.8. The summed E-state index contributed by atoms with van der Waals surface area (Å²) in [5.74, 6) is -1.02. The third-order valence-corrected chi connectivity index (χ3v) is 0.246. The van der Waals surface area contributed by atoms with Gasteiger partial charge in [0.15, 0.2) is 6.67 Å². The molecule has 0 aromatic heterocycles. The fourth-order valence-corrected chi connectivity index (χ4v) is 0.0299. The molecule has 4 heteroatoms. The van der Waals surface area contributed by atoms with E-state index in [1.165, 1.54) is 0 Å². The minimum atomic E-state index is -1.17. The Bertz CT molecular complexity index is 49.5. The zero-order chi connectivity index (χ0) is 4.99. The van der Waals surface area contributed by atoms with Crippen molar-refractivity contribution in [3.8, 4) is 0 Å². The zero-order valence-electron chi connectivity index (χ0n) is 2.94. The summed E-state index contributed by atoms with van der Waals surface area (Å²) >= 11 is 0. The van der Waals surface area contributed by atoms with Crippen LogP contribution >= 0.6 is 0 Å². The van der Waals surface area contributed by atoms with Gasteiger partial charge in [0.25, 0.3) is 5.91 Å². The van der Waals surface area contributed by atoms with Crippen LogP contribution in [0.1, 0.15) is 0 Å². The molecule has 0 saturated carbocycles. The van der Waals surface area contributed by atoms with Gasteiger partial charge in [0.05, 0.1) is 0 Å². The SMILES string of the molecule is O=C(CF)NO. The number of carbonyl (C=O) groups excluding carboxylic acids is 1. The Hall–Kier alpha value is -0.640. The molecule has 1 amide bonds. The van der Waals surface area contributed by atoms with Gasteiger partial charge in [-0.2, -0.15) is 0 Å². The van der Waals surface area contributed by atoms with Gasteiger partial charge >= 0.3 is 0 Å². The summed E-state index contributed by atoms with van der Waals surface area (Å²) in [7, 11) is 0. The maximum Gasteiger partial charge on any atom is 0.274 e. The van der Waals surface area contributed by atoms with Crippen LogP contribution in [0.25, 0.3) is 0 Å². The molecule has 0 radical (unpaired) electrons. The van der Waals surface area contributed by atoms with Crippen molar-refractivity contribution in [3.63, 3.8) is 0 Å². The van der Waals surface area contributed by atoms with E-state index in [4.69, 9.17) is 5.21 Å². The van der Waals surface area contributed by atoms with Crippen molar-refractivity contribution in [3.05, 3.63) is 0 Å². The fourth-order valence-electron chi connectivity index (χ4n) is 0.0299. The van der Waals surface area contributed by atoms with E-state index in [0.717, 1.165) is 5.48 Å². The number of hydrogen-bond acceptors (Lipinski definition) is 2. The number of nitrogens with one attached hydrogen (secondary N) is 1. The van der Waals surface area contributed by atoms with Crippen LogP contribution in [0, 0.1) is 0 Å². The van der Waals surface area contributed by atoms with Crippen LogP contribution < -0.4 is 5.48 Å². The largest absolute Gasteiger partial charge is 0.289 e. The van der Waals surface area contributed by atoms with Gasteiger partial charge in [-0.15, -0.1) is 0 Å². The first-order chi connectivity index (χ1) is 2.81. The second kappa shape index (κ2) is 2.59. The molecule has 0 aliphatic carbocycles. The second-order valence-electron chi connectivity index (χ2n) is 0.669. The Morgan fingerprint density at radius 2 is 2.50 bits per heavy atom. The van der Waals surface area contributed by atoms with E-state index in [2.05, 4.69) is 0 Å². The van der Waals surface area contributed by atoms with Gasteiger partial charge < -0.3 is 0 Å². The van der Waals surface area contributed by atoms with Crippen molar-refractivity contribution in [2.75, 3.05) is 6.67 Å². The van der Waals surface area contributed by atoms with Crippen LogP contribution in [0.3, 0.4) is 0 Å². The third kappa shape index (κ3) is 1.66. The first-order valence-corrected chi connectivity index (χ1v) is 1.30. The van der Waals surface area contributed by atoms with E-state index < -0.39 is 12.6 Å². The normalized spacial score (nSPS) is 7.67. The molecule has 6 heavy (non-hydrogen) atoms. The van der Waals surface area contributed by atoms with E-state index in [1.807, 2.05) is 0 Å². The summed E-state index contributed by atoms with van der Waals surface area (Å²) in [4.78, 5) is 9.44. The van der Waals surface area contributed by atoms with Gasteiger partial charge in [-0.05, 0) is 0 Å². The van der Waals surface area contributed by atoms with E-state index in [0.29, 0.717) is 0 Å². The lowest BCUT2D eigenvalue weighted by Crippen LogP contribution is -2.19. The van der Waals surface area contributed by atoms with Gasteiger partial charge in [-0.3, -0.25) is 10.0 Å². The fraction of sp³-hybridized carbons (Fsp3) is 0.500. The van der Waals surface area contributed by atoms with Gasteiger partial charge in [-0.25, -0.2) is 9.87 Å². The predicted octanol–water partition coefficient (Wildman–Crippen LogP) is -0.539. The summed E-state index contributed by atoms with van der Waals surface area (Å²) in [5, 5.41) is 7.50. The minimum absolute atomic E-state index is 1.02. The lowest BCUT2D eigenvalue weighted by atomic mass is 10.7. The van der Waals surface area contributed by atoms with Crippen LogP contribution in [-0.4, -0.2) is 17.8 Å². The summed E-state index contributed by atoms with van der Waals surface area (Å²) in [5.41, 5.74) is 1.10. The van der Waals surface area contributed by atoms with E-state index in [1.54, 1.807) is 0 Å². The number of hydrogen-bond donors (Lipinski definition) is 2. The average molecular weight is 93.1 g/mol. The van der Waals surface area contributed by atoms with Crippen molar-refractivity contribution in [1.29, 1.82) is 0 Å². The van der Waals surface area contributed by atoms with Crippen LogP contribution in [0.4, 0.5) is 4.39 Å². The lowest BCUT2D eigenvalue weighted by molar-refractivity contribution is -0.130. The molecule has 0 fully saturated rings. The molecule has 0 rings (SSSR count). The quantitative estimate of drug-likeness (QED) is 0.338. The number of carbonyl (C=O) groups is 1. The van der Waals surface area contributed by atoms with Crippen LogP contribution in [0.2, 0.25) is 0 Å². The first-order valence-electron chi connectivity index (χ1n) is 1.30. The standard InChI is InChI=1S/C2H4FNO2/c3-1-2(5)4-6/h6H,1H2,(H,4,5). The molecule has 0 saturated heterocycles. The molecule has 0 aromatic carbocycles. The monoisotopic (exact) mass is 93.0 g/mol. The molecule has 0 atom stereocenters.